The molecule has 0 aliphatic heterocycles. The van der Waals surface area contributed by atoms with Crippen LogP contribution in [0.3, 0.4) is 0 Å². The lowest BCUT2D eigenvalue weighted by molar-refractivity contribution is 0.369. The van der Waals surface area contributed by atoms with Gasteiger partial charge in [0.25, 0.3) is 0 Å². The van der Waals surface area contributed by atoms with Gasteiger partial charge in [-0.25, -0.2) is 22.0 Å². The quantitative estimate of drug-likeness (QED) is 0.332. The van der Waals surface area contributed by atoms with Gasteiger partial charge in [0.15, 0.2) is 31.6 Å². The summed E-state index contributed by atoms with van der Waals surface area (Å²) in [5.41, 5.74) is -0.715. The molecular formula is C15H21F5OSi. The third-order valence-electron chi connectivity index (χ3n) is 4.30. The van der Waals surface area contributed by atoms with Crippen LogP contribution in [-0.4, -0.2) is 13.1 Å². The van der Waals surface area contributed by atoms with Crippen molar-refractivity contribution in [2.75, 3.05) is 0 Å². The summed E-state index contributed by atoms with van der Waals surface area (Å²) in [7, 11) is -2.64. The Hall–Kier alpha value is -0.953. The molecule has 0 spiro atoms. The van der Waals surface area contributed by atoms with Crippen molar-refractivity contribution < 1.29 is 26.7 Å². The van der Waals surface area contributed by atoms with Gasteiger partial charge in [-0.05, 0) is 30.0 Å². The van der Waals surface area contributed by atoms with Gasteiger partial charge in [0, 0.05) is 5.56 Å². The average molecular weight is 340 g/mol. The highest BCUT2D eigenvalue weighted by Crippen LogP contribution is 2.35. The second-order valence-corrected chi connectivity index (χ2v) is 11.0. The lowest BCUT2D eigenvalue weighted by Crippen LogP contribution is -2.41. The fourth-order valence-electron chi connectivity index (χ4n) is 2.66. The molecule has 126 valence electrons. The molecule has 0 aliphatic carbocycles. The van der Waals surface area contributed by atoms with Gasteiger partial charge in [-0.1, -0.05) is 27.7 Å². The molecule has 1 rings (SSSR count). The second kappa shape index (κ2) is 7.08. The van der Waals surface area contributed by atoms with E-state index in [1.165, 1.54) is 0 Å². The average Bonchev–Trinajstić information content (AvgIpc) is 2.45. The molecule has 0 bridgehead atoms. The summed E-state index contributed by atoms with van der Waals surface area (Å²) in [6.07, 6.45) is -0.113. The second-order valence-electron chi connectivity index (χ2n) is 6.20. The van der Waals surface area contributed by atoms with Crippen molar-refractivity contribution in [2.24, 2.45) is 0 Å². The molecule has 0 heterocycles. The van der Waals surface area contributed by atoms with E-state index in [-0.39, 0.29) is 23.9 Å². The zero-order valence-corrected chi connectivity index (χ0v) is 14.1. The molecule has 0 radical (unpaired) electrons. The molecule has 1 aromatic carbocycles. The first-order chi connectivity index (χ1) is 10.0. The van der Waals surface area contributed by atoms with E-state index in [2.05, 4.69) is 0 Å². The molecule has 1 aromatic rings. The first kappa shape index (κ1) is 19.1. The maximum Gasteiger partial charge on any atom is 0.200 e. The molecule has 0 amide bonds. The van der Waals surface area contributed by atoms with Crippen molar-refractivity contribution in [1.82, 2.24) is 0 Å². The maximum atomic E-state index is 13.6. The number of rotatable bonds is 6. The van der Waals surface area contributed by atoms with E-state index >= 15 is 0 Å². The Kier molecular flexibility index (Phi) is 6.15. The van der Waals surface area contributed by atoms with Crippen molar-refractivity contribution >= 4 is 8.32 Å². The van der Waals surface area contributed by atoms with Crippen LogP contribution < -0.4 is 0 Å². The van der Waals surface area contributed by atoms with E-state index in [0.29, 0.717) is 6.04 Å². The van der Waals surface area contributed by atoms with Crippen molar-refractivity contribution in [3.63, 3.8) is 0 Å². The van der Waals surface area contributed by atoms with Crippen LogP contribution in [0.25, 0.3) is 0 Å². The Bertz CT molecular complexity index is 508. The fourth-order valence-corrected chi connectivity index (χ4v) is 5.89. The van der Waals surface area contributed by atoms with Gasteiger partial charge in [-0.2, -0.15) is 0 Å². The zero-order chi connectivity index (χ0) is 17.2. The summed E-state index contributed by atoms with van der Waals surface area (Å²) in [4.78, 5) is 10.7. The summed E-state index contributed by atoms with van der Waals surface area (Å²) in [6.45, 7) is 7.52. The molecule has 0 saturated carbocycles. The Labute approximate surface area is 128 Å². The third kappa shape index (κ3) is 3.51. The summed E-state index contributed by atoms with van der Waals surface area (Å²) >= 11 is 0. The van der Waals surface area contributed by atoms with Crippen LogP contribution in [0.15, 0.2) is 0 Å². The maximum absolute atomic E-state index is 13.6. The Balaban J connectivity index is 2.95. The van der Waals surface area contributed by atoms with Crippen LogP contribution in [-0.2, 0) is 6.42 Å². The minimum Gasteiger partial charge on any atom is -0.431 e. The molecule has 22 heavy (non-hydrogen) atoms. The van der Waals surface area contributed by atoms with E-state index in [1.54, 1.807) is 0 Å². The highest BCUT2D eigenvalue weighted by Gasteiger charge is 2.38. The van der Waals surface area contributed by atoms with Gasteiger partial charge in [-0.3, -0.25) is 0 Å². The lowest BCUT2D eigenvalue weighted by atomic mass is 10.1. The Morgan fingerprint density at radius 3 is 1.50 bits per heavy atom. The van der Waals surface area contributed by atoms with Gasteiger partial charge in [0.1, 0.15) is 0 Å². The van der Waals surface area contributed by atoms with E-state index in [9.17, 15) is 26.7 Å². The van der Waals surface area contributed by atoms with Crippen LogP contribution >= 0.6 is 0 Å². The SMILES string of the molecule is CC(C)[Si](O)(CCCc1c(F)c(F)c(F)c(F)c1F)C(C)C. The molecule has 0 fully saturated rings. The minimum absolute atomic E-state index is 0.0453. The molecule has 1 nitrogen and oxygen atoms in total. The Morgan fingerprint density at radius 1 is 0.773 bits per heavy atom. The smallest absolute Gasteiger partial charge is 0.200 e. The van der Waals surface area contributed by atoms with E-state index < -0.39 is 43.0 Å². The summed E-state index contributed by atoms with van der Waals surface area (Å²) in [6, 6.07) is 0.349. The third-order valence-corrected chi connectivity index (χ3v) is 9.46. The molecule has 0 unspecified atom stereocenters. The topological polar surface area (TPSA) is 20.2 Å². The molecule has 0 atom stereocenters. The lowest BCUT2D eigenvalue weighted by Gasteiger charge is -2.33. The molecule has 0 aromatic heterocycles. The van der Waals surface area contributed by atoms with Gasteiger partial charge in [-0.15, -0.1) is 0 Å². The van der Waals surface area contributed by atoms with Gasteiger partial charge in [0.2, 0.25) is 5.82 Å². The largest absolute Gasteiger partial charge is 0.431 e. The monoisotopic (exact) mass is 340 g/mol. The number of halogens is 5. The van der Waals surface area contributed by atoms with Crippen LogP contribution in [0.1, 0.15) is 39.7 Å². The van der Waals surface area contributed by atoms with Gasteiger partial charge < -0.3 is 4.80 Å². The molecule has 0 aliphatic rings. The van der Waals surface area contributed by atoms with Crippen LogP contribution in [0.2, 0.25) is 17.1 Å². The summed E-state index contributed by atoms with van der Waals surface area (Å²) < 4.78 is 66.3. The van der Waals surface area contributed by atoms with Crippen LogP contribution in [0, 0.1) is 29.1 Å². The van der Waals surface area contributed by atoms with Gasteiger partial charge in [0.05, 0.1) is 0 Å². The molecule has 0 saturated heterocycles. The predicted molar refractivity (Wildman–Crippen MR) is 77.5 cm³/mol. The molecular weight excluding hydrogens is 319 g/mol. The number of hydrogen-bond acceptors (Lipinski definition) is 1. The summed E-state index contributed by atoms with van der Waals surface area (Å²) in [5, 5.41) is 0. The summed E-state index contributed by atoms with van der Waals surface area (Å²) in [5.74, 6) is -9.55. The molecule has 1 N–H and O–H groups in total. The van der Waals surface area contributed by atoms with Crippen LogP contribution in [0.4, 0.5) is 22.0 Å². The van der Waals surface area contributed by atoms with Crippen molar-refractivity contribution in [2.45, 2.75) is 57.7 Å². The fraction of sp³-hybridized carbons (Fsp3) is 0.600. The standard InChI is InChI=1S/C15H21F5OSi/c1-8(2)22(21,9(3)4)7-5-6-10-11(16)13(18)15(20)14(19)12(10)17/h8-9,21H,5-7H2,1-4H3. The molecule has 7 heteroatoms. The van der Waals surface area contributed by atoms with E-state index in [1.807, 2.05) is 27.7 Å². The minimum atomic E-state index is -2.64. The number of benzene rings is 1. The number of hydrogen-bond donors (Lipinski definition) is 1. The normalized spacial score (nSPS) is 12.5. The van der Waals surface area contributed by atoms with E-state index in [0.717, 1.165) is 0 Å². The first-order valence-electron chi connectivity index (χ1n) is 7.26. The van der Waals surface area contributed by atoms with E-state index in [4.69, 9.17) is 0 Å². The highest BCUT2D eigenvalue weighted by molar-refractivity contribution is 6.75. The van der Waals surface area contributed by atoms with Crippen molar-refractivity contribution in [1.29, 1.82) is 0 Å². The van der Waals surface area contributed by atoms with Gasteiger partial charge >= 0.3 is 0 Å². The first-order valence-corrected chi connectivity index (χ1v) is 9.57. The van der Waals surface area contributed by atoms with Crippen molar-refractivity contribution in [3.05, 3.63) is 34.6 Å². The van der Waals surface area contributed by atoms with Crippen molar-refractivity contribution in [3.8, 4) is 0 Å². The predicted octanol–water partition coefficient (Wildman–Crippen LogP) is 5.07. The highest BCUT2D eigenvalue weighted by atomic mass is 28.4. The Morgan fingerprint density at radius 2 is 1.14 bits per heavy atom. The van der Waals surface area contributed by atoms with Crippen LogP contribution in [0.5, 0.6) is 0 Å². The zero-order valence-electron chi connectivity index (χ0n) is 13.1.